The molecule has 0 fully saturated rings. The molecule has 0 saturated carbocycles. The second kappa shape index (κ2) is 4.92. The van der Waals surface area contributed by atoms with Gasteiger partial charge in [0, 0.05) is 16.8 Å². The molecule has 1 nitrogen and oxygen atoms in total. The van der Waals surface area contributed by atoms with Gasteiger partial charge in [-0.05, 0) is 47.5 Å². The number of hydrogen-bond donors (Lipinski definition) is 1. The van der Waals surface area contributed by atoms with Crippen molar-refractivity contribution in [2.45, 2.75) is 25.8 Å². The van der Waals surface area contributed by atoms with Crippen molar-refractivity contribution in [2.24, 2.45) is 5.73 Å². The molecule has 3 heteroatoms. The lowest BCUT2D eigenvalue weighted by atomic mass is 9.89. The van der Waals surface area contributed by atoms with Gasteiger partial charge in [0.1, 0.15) is 0 Å². The van der Waals surface area contributed by atoms with Crippen molar-refractivity contribution in [3.8, 4) is 0 Å². The van der Waals surface area contributed by atoms with Crippen LogP contribution in [0, 0.1) is 6.92 Å². The summed E-state index contributed by atoms with van der Waals surface area (Å²) in [4.78, 5) is 1.31. The van der Waals surface area contributed by atoms with Crippen LogP contribution in [-0.4, -0.2) is 0 Å². The second-order valence-corrected chi connectivity index (χ2v) is 7.21. The summed E-state index contributed by atoms with van der Waals surface area (Å²) >= 11 is 5.23. The predicted molar refractivity (Wildman–Crippen MR) is 78.4 cm³/mol. The molecule has 2 rings (SSSR count). The number of halogens is 1. The molecule has 1 aromatic heterocycles. The first-order chi connectivity index (χ1) is 7.97. The van der Waals surface area contributed by atoms with Gasteiger partial charge in [-0.2, -0.15) is 0 Å². The summed E-state index contributed by atoms with van der Waals surface area (Å²) in [6.45, 7) is 4.18. The van der Waals surface area contributed by atoms with Gasteiger partial charge in [-0.1, -0.05) is 29.8 Å². The Kier molecular flexibility index (Phi) is 3.71. The molecule has 0 aliphatic carbocycles. The number of nitrogens with two attached hydrogens (primary N) is 1. The molecular formula is C14H16BrNS. The summed E-state index contributed by atoms with van der Waals surface area (Å²) in [5.41, 5.74) is 8.57. The molecule has 0 aliphatic heterocycles. The van der Waals surface area contributed by atoms with Crippen LogP contribution in [0.5, 0.6) is 0 Å². The molecular weight excluding hydrogens is 294 g/mol. The topological polar surface area (TPSA) is 26.0 Å². The summed E-state index contributed by atoms with van der Waals surface area (Å²) in [6.07, 6.45) is 0.867. The highest BCUT2D eigenvalue weighted by Crippen LogP contribution is 2.29. The predicted octanol–water partition coefficient (Wildman–Crippen LogP) is 4.24. The van der Waals surface area contributed by atoms with E-state index in [1.807, 2.05) is 0 Å². The minimum atomic E-state index is -0.308. The summed E-state index contributed by atoms with van der Waals surface area (Å²) in [6, 6.07) is 12.7. The molecule has 2 aromatic rings. The SMILES string of the molecule is Cc1ccc(C(C)(N)Cc2ccc(Br)s2)cc1. The van der Waals surface area contributed by atoms with Crippen molar-refractivity contribution >= 4 is 27.3 Å². The first-order valence-corrected chi connectivity index (χ1v) is 7.18. The zero-order chi connectivity index (χ0) is 12.5. The van der Waals surface area contributed by atoms with Crippen LogP contribution < -0.4 is 5.73 Å². The van der Waals surface area contributed by atoms with Gasteiger partial charge in [-0.3, -0.25) is 0 Å². The summed E-state index contributed by atoms with van der Waals surface area (Å²) in [7, 11) is 0. The Morgan fingerprint density at radius 2 is 1.82 bits per heavy atom. The molecule has 2 N–H and O–H groups in total. The van der Waals surface area contributed by atoms with E-state index in [0.717, 1.165) is 10.2 Å². The maximum atomic E-state index is 6.42. The molecule has 0 bridgehead atoms. The Balaban J connectivity index is 2.21. The molecule has 1 aromatic carbocycles. The van der Waals surface area contributed by atoms with Crippen LogP contribution >= 0.6 is 27.3 Å². The average Bonchev–Trinajstić information content (AvgIpc) is 2.63. The molecule has 1 unspecified atom stereocenters. The second-order valence-electron chi connectivity index (χ2n) is 4.67. The van der Waals surface area contributed by atoms with Gasteiger partial charge in [0.25, 0.3) is 0 Å². The third-order valence-electron chi connectivity index (χ3n) is 2.88. The van der Waals surface area contributed by atoms with Crippen molar-refractivity contribution < 1.29 is 0 Å². The molecule has 90 valence electrons. The van der Waals surface area contributed by atoms with Crippen LogP contribution in [0.3, 0.4) is 0 Å². The monoisotopic (exact) mass is 309 g/mol. The third kappa shape index (κ3) is 3.18. The fourth-order valence-electron chi connectivity index (χ4n) is 1.85. The Labute approximate surface area is 115 Å². The van der Waals surface area contributed by atoms with E-state index < -0.39 is 0 Å². The first kappa shape index (κ1) is 12.8. The van der Waals surface area contributed by atoms with Crippen molar-refractivity contribution in [1.82, 2.24) is 0 Å². The Morgan fingerprint density at radius 1 is 1.18 bits per heavy atom. The fraction of sp³-hybridized carbons (Fsp3) is 0.286. The van der Waals surface area contributed by atoms with Gasteiger partial charge in [0.05, 0.1) is 3.79 Å². The maximum Gasteiger partial charge on any atom is 0.0701 e. The summed E-state index contributed by atoms with van der Waals surface area (Å²) in [5, 5.41) is 0. The molecule has 17 heavy (non-hydrogen) atoms. The largest absolute Gasteiger partial charge is 0.321 e. The minimum absolute atomic E-state index is 0.308. The van der Waals surface area contributed by atoms with Crippen LogP contribution in [-0.2, 0) is 12.0 Å². The highest BCUT2D eigenvalue weighted by Gasteiger charge is 2.22. The van der Waals surface area contributed by atoms with Crippen molar-refractivity contribution in [1.29, 1.82) is 0 Å². The molecule has 0 amide bonds. The van der Waals surface area contributed by atoms with Crippen molar-refractivity contribution in [3.63, 3.8) is 0 Å². The number of rotatable bonds is 3. The standard InChI is InChI=1S/C14H16BrNS/c1-10-3-5-11(6-4-10)14(2,16)9-12-7-8-13(15)17-12/h3-8H,9,16H2,1-2H3. The van der Waals surface area contributed by atoms with Crippen LogP contribution in [0.15, 0.2) is 40.2 Å². The highest BCUT2D eigenvalue weighted by atomic mass is 79.9. The van der Waals surface area contributed by atoms with Crippen LogP contribution in [0.25, 0.3) is 0 Å². The lowest BCUT2D eigenvalue weighted by Gasteiger charge is -2.24. The number of aryl methyl sites for hydroxylation is 1. The fourth-order valence-corrected chi connectivity index (χ4v) is 3.50. The number of thiophene rings is 1. The molecule has 0 aliphatic rings. The Bertz CT molecular complexity index is 499. The first-order valence-electron chi connectivity index (χ1n) is 5.58. The van der Waals surface area contributed by atoms with Gasteiger partial charge >= 0.3 is 0 Å². The van der Waals surface area contributed by atoms with Crippen LogP contribution in [0.4, 0.5) is 0 Å². The zero-order valence-corrected chi connectivity index (χ0v) is 12.4. The normalized spacial score (nSPS) is 14.6. The third-order valence-corrected chi connectivity index (χ3v) is 4.50. The summed E-state index contributed by atoms with van der Waals surface area (Å²) < 4.78 is 1.16. The van der Waals surface area contributed by atoms with Crippen LogP contribution in [0.2, 0.25) is 0 Å². The minimum Gasteiger partial charge on any atom is -0.321 e. The lowest BCUT2D eigenvalue weighted by molar-refractivity contribution is 0.495. The quantitative estimate of drug-likeness (QED) is 0.902. The van der Waals surface area contributed by atoms with E-state index in [4.69, 9.17) is 5.73 Å². The van der Waals surface area contributed by atoms with E-state index in [-0.39, 0.29) is 5.54 Å². The van der Waals surface area contributed by atoms with E-state index >= 15 is 0 Å². The smallest absolute Gasteiger partial charge is 0.0701 e. The molecule has 0 spiro atoms. The van der Waals surface area contributed by atoms with Gasteiger partial charge in [0.2, 0.25) is 0 Å². The highest BCUT2D eigenvalue weighted by molar-refractivity contribution is 9.11. The van der Waals surface area contributed by atoms with Crippen molar-refractivity contribution in [2.75, 3.05) is 0 Å². The van der Waals surface area contributed by atoms with Crippen LogP contribution in [0.1, 0.15) is 22.9 Å². The van der Waals surface area contributed by atoms with E-state index in [9.17, 15) is 0 Å². The average molecular weight is 310 g/mol. The number of hydrogen-bond acceptors (Lipinski definition) is 2. The van der Waals surface area contributed by atoms with E-state index in [1.54, 1.807) is 11.3 Å². The van der Waals surface area contributed by atoms with Crippen molar-refractivity contribution in [3.05, 3.63) is 56.2 Å². The van der Waals surface area contributed by atoms with Gasteiger partial charge in [-0.15, -0.1) is 11.3 Å². The zero-order valence-electron chi connectivity index (χ0n) is 10.0. The van der Waals surface area contributed by atoms with Gasteiger partial charge in [0.15, 0.2) is 0 Å². The number of benzene rings is 1. The maximum absolute atomic E-state index is 6.42. The lowest BCUT2D eigenvalue weighted by Crippen LogP contribution is -2.35. The van der Waals surface area contributed by atoms with Gasteiger partial charge < -0.3 is 5.73 Å². The molecule has 1 heterocycles. The Hall–Kier alpha value is -0.640. The summed E-state index contributed by atoms with van der Waals surface area (Å²) in [5.74, 6) is 0. The van der Waals surface area contributed by atoms with E-state index in [2.05, 4.69) is 66.2 Å². The molecule has 1 atom stereocenters. The molecule has 0 saturated heterocycles. The van der Waals surface area contributed by atoms with Gasteiger partial charge in [-0.25, -0.2) is 0 Å². The molecule has 0 radical (unpaired) electrons. The van der Waals surface area contributed by atoms with E-state index in [1.165, 1.54) is 16.0 Å². The Morgan fingerprint density at radius 3 is 2.35 bits per heavy atom. The van der Waals surface area contributed by atoms with E-state index in [0.29, 0.717) is 0 Å².